The molecular weight excluding hydrogens is 214 g/mol. The highest BCUT2D eigenvalue weighted by Crippen LogP contribution is 2.27. The maximum atomic E-state index is 5.47. The molecule has 0 bridgehead atoms. The second-order valence-electron chi connectivity index (χ2n) is 5.09. The van der Waals surface area contributed by atoms with Gasteiger partial charge in [0.15, 0.2) is 0 Å². The summed E-state index contributed by atoms with van der Waals surface area (Å²) < 4.78 is 5.47. The van der Waals surface area contributed by atoms with Crippen molar-refractivity contribution in [1.82, 2.24) is 15.1 Å². The lowest BCUT2D eigenvalue weighted by atomic mass is 10.0. The Morgan fingerprint density at radius 2 is 2.12 bits per heavy atom. The number of nitrogens with zero attached hydrogens (tertiary/aromatic N) is 2. The largest absolute Gasteiger partial charge is 0.468 e. The molecule has 3 heterocycles. The highest BCUT2D eigenvalue weighted by Gasteiger charge is 2.35. The Labute approximate surface area is 103 Å². The SMILES string of the molecule is CC(c1ccco1)N1CC(N2CCNCC2)C1. The summed E-state index contributed by atoms with van der Waals surface area (Å²) in [6.45, 7) is 9.28. The second-order valence-corrected chi connectivity index (χ2v) is 5.09. The molecular formula is C13H21N3O. The Hall–Kier alpha value is -0.840. The molecule has 0 spiro atoms. The fraction of sp³-hybridized carbons (Fsp3) is 0.692. The van der Waals surface area contributed by atoms with Crippen molar-refractivity contribution in [3.8, 4) is 0 Å². The first-order chi connectivity index (χ1) is 8.34. The zero-order valence-electron chi connectivity index (χ0n) is 10.4. The predicted molar refractivity (Wildman–Crippen MR) is 66.9 cm³/mol. The Balaban J connectivity index is 1.50. The van der Waals surface area contributed by atoms with Crippen LogP contribution in [0, 0.1) is 0 Å². The van der Waals surface area contributed by atoms with E-state index < -0.39 is 0 Å². The molecule has 2 fully saturated rings. The van der Waals surface area contributed by atoms with E-state index in [2.05, 4.69) is 28.1 Å². The summed E-state index contributed by atoms with van der Waals surface area (Å²) in [7, 11) is 0. The number of piperazine rings is 1. The molecule has 1 unspecified atom stereocenters. The second kappa shape index (κ2) is 4.80. The molecule has 2 aliphatic rings. The topological polar surface area (TPSA) is 31.7 Å². The first-order valence-electron chi connectivity index (χ1n) is 6.57. The Kier molecular flexibility index (Phi) is 3.18. The third kappa shape index (κ3) is 2.25. The highest BCUT2D eigenvalue weighted by molar-refractivity contribution is 5.06. The van der Waals surface area contributed by atoms with Gasteiger partial charge >= 0.3 is 0 Å². The van der Waals surface area contributed by atoms with Crippen molar-refractivity contribution in [2.75, 3.05) is 39.3 Å². The Morgan fingerprint density at radius 1 is 1.35 bits per heavy atom. The molecule has 94 valence electrons. The molecule has 4 nitrogen and oxygen atoms in total. The maximum absolute atomic E-state index is 5.47. The van der Waals surface area contributed by atoms with Gasteiger partial charge in [0, 0.05) is 45.3 Å². The van der Waals surface area contributed by atoms with Crippen LogP contribution in [0.3, 0.4) is 0 Å². The first-order valence-corrected chi connectivity index (χ1v) is 6.57. The van der Waals surface area contributed by atoms with Crippen molar-refractivity contribution in [2.24, 2.45) is 0 Å². The third-order valence-corrected chi connectivity index (χ3v) is 4.06. The zero-order chi connectivity index (χ0) is 11.7. The molecule has 4 heteroatoms. The van der Waals surface area contributed by atoms with Crippen LogP contribution in [-0.2, 0) is 0 Å². The van der Waals surface area contributed by atoms with E-state index in [9.17, 15) is 0 Å². The molecule has 3 rings (SSSR count). The van der Waals surface area contributed by atoms with Crippen molar-refractivity contribution < 1.29 is 4.42 Å². The zero-order valence-corrected chi connectivity index (χ0v) is 10.4. The van der Waals surface area contributed by atoms with Crippen LogP contribution in [0.1, 0.15) is 18.7 Å². The summed E-state index contributed by atoms with van der Waals surface area (Å²) in [5.74, 6) is 1.09. The van der Waals surface area contributed by atoms with Crippen LogP contribution in [0.5, 0.6) is 0 Å². The summed E-state index contributed by atoms with van der Waals surface area (Å²) in [5, 5.41) is 3.40. The Bertz CT molecular complexity index is 340. The van der Waals surface area contributed by atoms with Gasteiger partial charge in [0.2, 0.25) is 0 Å². The maximum Gasteiger partial charge on any atom is 0.120 e. The monoisotopic (exact) mass is 235 g/mol. The van der Waals surface area contributed by atoms with E-state index in [1.165, 1.54) is 26.2 Å². The van der Waals surface area contributed by atoms with Crippen molar-refractivity contribution in [3.05, 3.63) is 24.2 Å². The van der Waals surface area contributed by atoms with Crippen LogP contribution in [-0.4, -0.2) is 55.1 Å². The van der Waals surface area contributed by atoms with Crippen LogP contribution < -0.4 is 5.32 Å². The van der Waals surface area contributed by atoms with E-state index >= 15 is 0 Å². The fourth-order valence-electron chi connectivity index (χ4n) is 2.79. The number of nitrogens with one attached hydrogen (secondary N) is 1. The standard InChI is InChI=1S/C13H21N3O/c1-11(13-3-2-8-17-13)16-9-12(10-16)15-6-4-14-5-7-15/h2-3,8,11-12,14H,4-7,9-10H2,1H3. The minimum absolute atomic E-state index is 0.421. The van der Waals surface area contributed by atoms with E-state index in [-0.39, 0.29) is 0 Å². The minimum atomic E-state index is 0.421. The number of furan rings is 1. The third-order valence-electron chi connectivity index (χ3n) is 4.06. The lowest BCUT2D eigenvalue weighted by molar-refractivity contribution is -0.00162. The quantitative estimate of drug-likeness (QED) is 0.844. The normalized spacial score (nSPS) is 25.7. The molecule has 0 radical (unpaired) electrons. The minimum Gasteiger partial charge on any atom is -0.468 e. The van der Waals surface area contributed by atoms with Gasteiger partial charge in [0.05, 0.1) is 12.3 Å². The summed E-state index contributed by atoms with van der Waals surface area (Å²) in [4.78, 5) is 5.10. The molecule has 17 heavy (non-hydrogen) atoms. The number of likely N-dealkylation sites (tertiary alicyclic amines) is 1. The molecule has 0 aromatic carbocycles. The summed E-state index contributed by atoms with van der Waals surface area (Å²) >= 11 is 0. The molecule has 0 amide bonds. The van der Waals surface area contributed by atoms with Gasteiger partial charge in [-0.3, -0.25) is 9.80 Å². The molecule has 2 saturated heterocycles. The van der Waals surface area contributed by atoms with E-state index in [0.29, 0.717) is 6.04 Å². The molecule has 0 saturated carbocycles. The average molecular weight is 235 g/mol. The van der Waals surface area contributed by atoms with Gasteiger partial charge in [-0.1, -0.05) is 0 Å². The van der Waals surface area contributed by atoms with Crippen LogP contribution in [0.25, 0.3) is 0 Å². The summed E-state index contributed by atoms with van der Waals surface area (Å²) in [6.07, 6.45) is 1.76. The first kappa shape index (κ1) is 11.3. The molecule has 2 aliphatic heterocycles. The van der Waals surface area contributed by atoms with E-state index in [1.807, 2.05) is 6.07 Å². The van der Waals surface area contributed by atoms with Crippen molar-refractivity contribution in [2.45, 2.75) is 19.0 Å². The lowest BCUT2D eigenvalue weighted by Gasteiger charge is -2.48. The van der Waals surface area contributed by atoms with Gasteiger partial charge in [-0.05, 0) is 19.1 Å². The Morgan fingerprint density at radius 3 is 2.76 bits per heavy atom. The lowest BCUT2D eigenvalue weighted by Crippen LogP contribution is -2.62. The number of hydrogen-bond donors (Lipinski definition) is 1. The molecule has 1 aromatic heterocycles. The van der Waals surface area contributed by atoms with Gasteiger partial charge in [0.25, 0.3) is 0 Å². The summed E-state index contributed by atoms with van der Waals surface area (Å²) in [5.41, 5.74) is 0. The van der Waals surface area contributed by atoms with Gasteiger partial charge in [0.1, 0.15) is 5.76 Å². The average Bonchev–Trinajstić information content (AvgIpc) is 2.81. The van der Waals surface area contributed by atoms with Crippen LogP contribution in [0.15, 0.2) is 22.8 Å². The van der Waals surface area contributed by atoms with E-state index in [4.69, 9.17) is 4.42 Å². The summed E-state index contributed by atoms with van der Waals surface area (Å²) in [6, 6.07) is 5.22. The van der Waals surface area contributed by atoms with Crippen LogP contribution >= 0.6 is 0 Å². The predicted octanol–water partition coefficient (Wildman–Crippen LogP) is 0.930. The molecule has 1 N–H and O–H groups in total. The van der Waals surface area contributed by atoms with Gasteiger partial charge < -0.3 is 9.73 Å². The van der Waals surface area contributed by atoms with Gasteiger partial charge in [-0.2, -0.15) is 0 Å². The molecule has 1 aromatic rings. The molecule has 1 atom stereocenters. The van der Waals surface area contributed by atoms with Crippen LogP contribution in [0.2, 0.25) is 0 Å². The highest BCUT2D eigenvalue weighted by atomic mass is 16.3. The molecule has 0 aliphatic carbocycles. The number of hydrogen-bond acceptors (Lipinski definition) is 4. The van der Waals surface area contributed by atoms with Crippen molar-refractivity contribution in [1.29, 1.82) is 0 Å². The fourth-order valence-corrected chi connectivity index (χ4v) is 2.79. The van der Waals surface area contributed by atoms with E-state index in [0.717, 1.165) is 24.9 Å². The smallest absolute Gasteiger partial charge is 0.120 e. The van der Waals surface area contributed by atoms with Crippen molar-refractivity contribution >= 4 is 0 Å². The van der Waals surface area contributed by atoms with Gasteiger partial charge in [-0.15, -0.1) is 0 Å². The van der Waals surface area contributed by atoms with Crippen LogP contribution in [0.4, 0.5) is 0 Å². The van der Waals surface area contributed by atoms with E-state index in [1.54, 1.807) is 6.26 Å². The number of rotatable bonds is 3. The van der Waals surface area contributed by atoms with Gasteiger partial charge in [-0.25, -0.2) is 0 Å². The van der Waals surface area contributed by atoms with Crippen molar-refractivity contribution in [3.63, 3.8) is 0 Å².